The van der Waals surface area contributed by atoms with Crippen LogP contribution in [0.5, 0.6) is 0 Å². The number of Topliss-reactive ketones (excluding diaryl/α,β-unsaturated/α-hetero) is 1. The highest BCUT2D eigenvalue weighted by Gasteiger charge is 2.17. The fourth-order valence-electron chi connectivity index (χ4n) is 2.53. The fraction of sp³-hybridized carbons (Fsp3) is 0.167. The summed E-state index contributed by atoms with van der Waals surface area (Å²) in [7, 11) is 0. The fourth-order valence-corrected chi connectivity index (χ4v) is 2.53. The second kappa shape index (κ2) is 6.32. The van der Waals surface area contributed by atoms with Crippen LogP contribution in [0.15, 0.2) is 41.5 Å². The number of ketones is 1. The number of hydrogen-bond acceptors (Lipinski definition) is 4. The number of hydrogen-bond donors (Lipinski definition) is 2. The van der Waals surface area contributed by atoms with Crippen molar-refractivity contribution < 1.29 is 4.79 Å². The molecule has 0 saturated carbocycles. The molecular formula is C18H16N4O. The van der Waals surface area contributed by atoms with Crippen LogP contribution in [0.3, 0.4) is 0 Å². The Morgan fingerprint density at radius 3 is 2.87 bits per heavy atom. The highest BCUT2D eigenvalue weighted by Crippen LogP contribution is 2.19. The Morgan fingerprint density at radius 2 is 2.04 bits per heavy atom. The van der Waals surface area contributed by atoms with E-state index in [-0.39, 0.29) is 11.6 Å². The lowest BCUT2D eigenvalue weighted by Gasteiger charge is -2.12. The summed E-state index contributed by atoms with van der Waals surface area (Å²) in [4.78, 5) is 16.3. The van der Waals surface area contributed by atoms with Crippen molar-refractivity contribution in [3.8, 4) is 11.8 Å². The van der Waals surface area contributed by atoms with E-state index >= 15 is 0 Å². The minimum Gasteiger partial charge on any atom is -0.382 e. The summed E-state index contributed by atoms with van der Waals surface area (Å²) in [6.07, 6.45) is 2.29. The average Bonchev–Trinajstić information content (AvgIpc) is 2.59. The molecule has 0 fully saturated rings. The Morgan fingerprint density at radius 1 is 1.17 bits per heavy atom. The van der Waals surface area contributed by atoms with Crippen LogP contribution >= 0.6 is 0 Å². The molecule has 5 heteroatoms. The van der Waals surface area contributed by atoms with E-state index in [1.807, 2.05) is 30.3 Å². The summed E-state index contributed by atoms with van der Waals surface area (Å²) in [5.41, 5.74) is 9.45. The number of hydrazone groups is 1. The third-order valence-electron chi connectivity index (χ3n) is 3.72. The molecule has 114 valence electrons. The molecule has 0 radical (unpaired) electrons. The van der Waals surface area contributed by atoms with E-state index in [2.05, 4.69) is 21.9 Å². The summed E-state index contributed by atoms with van der Waals surface area (Å²) in [6, 6.07) is 11.0. The van der Waals surface area contributed by atoms with Crippen LogP contribution in [0.25, 0.3) is 0 Å². The Kier molecular flexibility index (Phi) is 4.07. The number of aromatic nitrogens is 1. The van der Waals surface area contributed by atoms with Crippen molar-refractivity contribution >= 4 is 11.6 Å². The number of nitrogens with zero attached hydrogens (tertiary/aromatic N) is 2. The number of nitrogens with two attached hydrogens (primary N) is 2. The number of pyridine rings is 1. The van der Waals surface area contributed by atoms with Crippen molar-refractivity contribution in [1.29, 1.82) is 0 Å². The van der Waals surface area contributed by atoms with Crippen molar-refractivity contribution in [2.45, 2.75) is 19.3 Å². The lowest BCUT2D eigenvalue weighted by molar-refractivity contribution is 0.0971. The van der Waals surface area contributed by atoms with Gasteiger partial charge in [-0.15, -0.1) is 0 Å². The average molecular weight is 304 g/mol. The number of fused-ring (bicyclic) bond motifs is 1. The Hall–Kier alpha value is -3.13. The molecule has 1 aliphatic carbocycles. The van der Waals surface area contributed by atoms with E-state index in [9.17, 15) is 4.79 Å². The maximum Gasteiger partial charge on any atom is 0.164 e. The van der Waals surface area contributed by atoms with Crippen molar-refractivity contribution in [2.24, 2.45) is 16.7 Å². The predicted octanol–water partition coefficient (Wildman–Crippen LogP) is 1.58. The molecule has 1 aliphatic rings. The van der Waals surface area contributed by atoms with Gasteiger partial charge in [0.05, 0.1) is 5.69 Å². The van der Waals surface area contributed by atoms with Gasteiger partial charge in [-0.1, -0.05) is 18.1 Å². The Labute approximate surface area is 134 Å². The zero-order valence-electron chi connectivity index (χ0n) is 12.5. The first-order valence-corrected chi connectivity index (χ1v) is 7.36. The largest absolute Gasteiger partial charge is 0.382 e. The van der Waals surface area contributed by atoms with Crippen LogP contribution in [-0.2, 0) is 6.42 Å². The van der Waals surface area contributed by atoms with E-state index in [0.717, 1.165) is 35.2 Å². The summed E-state index contributed by atoms with van der Waals surface area (Å²) >= 11 is 0. The minimum atomic E-state index is 0.169. The number of benzene rings is 1. The second-order valence-electron chi connectivity index (χ2n) is 5.31. The Balaban J connectivity index is 1.89. The van der Waals surface area contributed by atoms with E-state index in [4.69, 9.17) is 11.6 Å². The van der Waals surface area contributed by atoms with E-state index in [0.29, 0.717) is 12.1 Å². The van der Waals surface area contributed by atoms with Crippen LogP contribution in [0.2, 0.25) is 0 Å². The van der Waals surface area contributed by atoms with E-state index in [1.54, 1.807) is 6.07 Å². The number of carbonyl (C=O) groups is 1. The quantitative estimate of drug-likeness (QED) is 0.275. The molecule has 0 atom stereocenters. The van der Waals surface area contributed by atoms with Crippen LogP contribution in [0.4, 0.5) is 0 Å². The van der Waals surface area contributed by atoms with Gasteiger partial charge in [0.15, 0.2) is 5.78 Å². The molecule has 0 spiro atoms. The van der Waals surface area contributed by atoms with Crippen LogP contribution in [0, 0.1) is 11.8 Å². The van der Waals surface area contributed by atoms with E-state index in [1.165, 1.54) is 0 Å². The van der Waals surface area contributed by atoms with Gasteiger partial charge in [-0.05, 0) is 43.0 Å². The predicted molar refractivity (Wildman–Crippen MR) is 88.8 cm³/mol. The molecule has 5 nitrogen and oxygen atoms in total. The molecule has 0 bridgehead atoms. The first-order chi connectivity index (χ1) is 11.2. The van der Waals surface area contributed by atoms with Crippen LogP contribution in [-0.4, -0.2) is 16.6 Å². The summed E-state index contributed by atoms with van der Waals surface area (Å²) in [6.45, 7) is 0. The topological polar surface area (TPSA) is 94.4 Å². The Bertz CT molecular complexity index is 859. The molecule has 0 amide bonds. The number of rotatable bonds is 1. The highest BCUT2D eigenvalue weighted by atomic mass is 16.1. The molecule has 23 heavy (non-hydrogen) atoms. The van der Waals surface area contributed by atoms with Gasteiger partial charge in [-0.2, -0.15) is 5.10 Å². The second-order valence-corrected chi connectivity index (χ2v) is 5.31. The van der Waals surface area contributed by atoms with Crippen molar-refractivity contribution in [1.82, 2.24) is 4.98 Å². The molecule has 0 saturated heterocycles. The van der Waals surface area contributed by atoms with Crippen molar-refractivity contribution in [2.75, 3.05) is 0 Å². The lowest BCUT2D eigenvalue weighted by Crippen LogP contribution is -2.15. The van der Waals surface area contributed by atoms with Gasteiger partial charge < -0.3 is 11.6 Å². The van der Waals surface area contributed by atoms with Gasteiger partial charge in [0.2, 0.25) is 0 Å². The molecule has 4 N–H and O–H groups in total. The van der Waals surface area contributed by atoms with Crippen molar-refractivity contribution in [3.05, 3.63) is 64.5 Å². The van der Waals surface area contributed by atoms with Gasteiger partial charge >= 0.3 is 0 Å². The first-order valence-electron chi connectivity index (χ1n) is 7.36. The van der Waals surface area contributed by atoms with Crippen LogP contribution < -0.4 is 11.6 Å². The molecule has 1 heterocycles. The van der Waals surface area contributed by atoms with Gasteiger partial charge in [0.1, 0.15) is 11.5 Å². The van der Waals surface area contributed by atoms with E-state index < -0.39 is 0 Å². The normalized spacial score (nSPS) is 13.9. The molecule has 0 unspecified atom stereocenters. The van der Waals surface area contributed by atoms with Gasteiger partial charge in [0.25, 0.3) is 0 Å². The number of amidine groups is 1. The highest BCUT2D eigenvalue weighted by molar-refractivity contribution is 5.98. The molecule has 1 aromatic carbocycles. The zero-order valence-corrected chi connectivity index (χ0v) is 12.5. The van der Waals surface area contributed by atoms with Gasteiger partial charge in [-0.25, -0.2) is 4.98 Å². The third kappa shape index (κ3) is 3.22. The van der Waals surface area contributed by atoms with Crippen LogP contribution in [0.1, 0.15) is 45.7 Å². The maximum atomic E-state index is 11.8. The smallest absolute Gasteiger partial charge is 0.164 e. The maximum absolute atomic E-state index is 11.8. The van der Waals surface area contributed by atoms with Gasteiger partial charge in [-0.3, -0.25) is 4.79 Å². The molecule has 3 rings (SSSR count). The molecule has 1 aromatic heterocycles. The number of aryl methyl sites for hydroxylation is 1. The minimum absolute atomic E-state index is 0.169. The zero-order chi connectivity index (χ0) is 16.2. The van der Waals surface area contributed by atoms with Gasteiger partial charge in [0, 0.05) is 23.1 Å². The standard InChI is InChI=1S/C18H16N4O/c19-18(22-20)13-4-1-3-12(11-13)7-8-14-9-10-15-16(21-14)5-2-6-17(15)23/h1,3-4,9-11H,2,5-6,20H2,(H2,19,22). The summed E-state index contributed by atoms with van der Waals surface area (Å²) < 4.78 is 0. The molecule has 2 aromatic rings. The lowest BCUT2D eigenvalue weighted by atomic mass is 9.94. The number of carbonyl (C=O) groups excluding carboxylic acids is 1. The summed E-state index contributed by atoms with van der Waals surface area (Å²) in [5, 5.41) is 3.48. The third-order valence-corrected chi connectivity index (χ3v) is 3.72. The van der Waals surface area contributed by atoms with Crippen molar-refractivity contribution in [3.63, 3.8) is 0 Å². The molecular weight excluding hydrogens is 288 g/mol. The first kappa shape index (κ1) is 14.8. The summed E-state index contributed by atoms with van der Waals surface area (Å²) in [5.74, 6) is 11.7. The molecule has 0 aliphatic heterocycles. The SMILES string of the molecule is N/N=C(\N)c1cccc(C#Cc2ccc3c(n2)CCCC3=O)c1. The monoisotopic (exact) mass is 304 g/mol.